The fraction of sp³-hybridized carbons (Fsp3) is 0. The van der Waals surface area contributed by atoms with E-state index in [9.17, 15) is 4.79 Å². The number of rotatable bonds is 2. The van der Waals surface area contributed by atoms with Crippen molar-refractivity contribution in [3.63, 3.8) is 0 Å². The molecule has 1 N–H and O–H groups in total. The molecule has 1 aliphatic heterocycles. The second kappa shape index (κ2) is 4.49. The third-order valence-corrected chi connectivity index (χ3v) is 2.76. The highest BCUT2D eigenvalue weighted by molar-refractivity contribution is 5.91. The van der Waals surface area contributed by atoms with Crippen LogP contribution in [0.2, 0.25) is 0 Å². The molecule has 1 aromatic rings. The van der Waals surface area contributed by atoms with Crippen LogP contribution in [0.5, 0.6) is 11.5 Å². The van der Waals surface area contributed by atoms with Crippen LogP contribution >= 0.6 is 0 Å². The van der Waals surface area contributed by atoms with Crippen molar-refractivity contribution in [2.75, 3.05) is 0 Å². The Morgan fingerprint density at radius 3 is 2.53 bits per heavy atom. The van der Waals surface area contributed by atoms with Crippen molar-refractivity contribution in [3.05, 3.63) is 60.6 Å². The summed E-state index contributed by atoms with van der Waals surface area (Å²) in [6.07, 6.45) is 3.15. The molecule has 0 saturated heterocycles. The monoisotopic (exact) mass is 254 g/mol. The molecule has 1 aromatic carbocycles. The number of esters is 1. The Labute approximate surface area is 109 Å². The molecule has 2 aliphatic rings. The predicted octanol–water partition coefficient (Wildman–Crippen LogP) is 3.31. The van der Waals surface area contributed by atoms with Gasteiger partial charge in [-0.05, 0) is 48.0 Å². The Morgan fingerprint density at radius 2 is 1.79 bits per heavy atom. The van der Waals surface area contributed by atoms with Crippen LogP contribution in [0.15, 0.2) is 59.4 Å². The number of carbonyl (C=O) groups excluding carboxylic acids is 1. The maximum absolute atomic E-state index is 11.9. The lowest BCUT2D eigenvalue weighted by Gasteiger charge is -2.01. The Morgan fingerprint density at radius 1 is 1.05 bits per heavy atom. The van der Waals surface area contributed by atoms with Gasteiger partial charge in [0.2, 0.25) is 0 Å². The van der Waals surface area contributed by atoms with Gasteiger partial charge in [0.25, 0.3) is 0 Å². The topological polar surface area (TPSA) is 59.7 Å². The fourth-order valence-electron chi connectivity index (χ4n) is 1.81. The van der Waals surface area contributed by atoms with Crippen LogP contribution in [0.3, 0.4) is 0 Å². The van der Waals surface area contributed by atoms with E-state index in [1.54, 1.807) is 30.7 Å². The zero-order valence-corrected chi connectivity index (χ0v) is 9.87. The van der Waals surface area contributed by atoms with E-state index in [1.165, 1.54) is 24.3 Å². The van der Waals surface area contributed by atoms with Gasteiger partial charge in [0.05, 0.1) is 18.1 Å². The number of phenolic OH excluding ortho intramolecular Hbond substituents is 1. The lowest BCUT2D eigenvalue weighted by atomic mass is 10.2. The highest BCUT2D eigenvalue weighted by atomic mass is 16.5. The summed E-state index contributed by atoms with van der Waals surface area (Å²) in [7, 11) is 0. The number of benzene rings is 1. The van der Waals surface area contributed by atoms with Crippen molar-refractivity contribution < 1.29 is 19.1 Å². The zero-order valence-electron chi connectivity index (χ0n) is 9.87. The van der Waals surface area contributed by atoms with Crippen molar-refractivity contribution >= 4 is 5.97 Å². The van der Waals surface area contributed by atoms with Gasteiger partial charge in [-0.2, -0.15) is 0 Å². The summed E-state index contributed by atoms with van der Waals surface area (Å²) < 4.78 is 10.3. The number of fused-ring (bicyclic) bond motifs is 1. The van der Waals surface area contributed by atoms with Crippen LogP contribution in [0.25, 0.3) is 11.1 Å². The summed E-state index contributed by atoms with van der Waals surface area (Å²) in [5.41, 5.74) is 2.20. The van der Waals surface area contributed by atoms with E-state index in [2.05, 4.69) is 0 Å². The first kappa shape index (κ1) is 11.3. The summed E-state index contributed by atoms with van der Waals surface area (Å²) in [4.78, 5) is 11.9. The van der Waals surface area contributed by atoms with Crippen molar-refractivity contribution in [3.8, 4) is 22.6 Å². The van der Waals surface area contributed by atoms with Crippen molar-refractivity contribution in [2.24, 2.45) is 0 Å². The van der Waals surface area contributed by atoms with Gasteiger partial charge in [-0.15, -0.1) is 0 Å². The second-order valence-corrected chi connectivity index (χ2v) is 4.09. The van der Waals surface area contributed by atoms with E-state index in [4.69, 9.17) is 14.3 Å². The maximum Gasteiger partial charge on any atom is 0.343 e. The summed E-state index contributed by atoms with van der Waals surface area (Å²) in [5.74, 6) is 0.110. The minimum Gasteiger partial charge on any atom is -0.508 e. The second-order valence-electron chi connectivity index (χ2n) is 4.09. The van der Waals surface area contributed by atoms with Gasteiger partial charge < -0.3 is 14.3 Å². The van der Waals surface area contributed by atoms with Crippen molar-refractivity contribution in [1.82, 2.24) is 0 Å². The molecule has 0 radical (unpaired) electrons. The number of phenols is 1. The van der Waals surface area contributed by atoms with Gasteiger partial charge in [0.1, 0.15) is 11.5 Å². The van der Waals surface area contributed by atoms with E-state index in [0.29, 0.717) is 11.3 Å². The molecular weight excluding hydrogens is 244 g/mol. The Kier molecular flexibility index (Phi) is 2.68. The molecule has 0 amide bonds. The van der Waals surface area contributed by atoms with E-state index in [-0.39, 0.29) is 5.75 Å². The van der Waals surface area contributed by atoms with Gasteiger partial charge in [0.15, 0.2) is 0 Å². The average molecular weight is 254 g/mol. The number of ether oxygens (including phenoxy) is 1. The molecule has 4 heteroatoms. The third kappa shape index (κ3) is 2.28. The molecule has 0 atom stereocenters. The van der Waals surface area contributed by atoms with Gasteiger partial charge in [0, 0.05) is 5.56 Å². The van der Waals surface area contributed by atoms with Gasteiger partial charge in [-0.1, -0.05) is 0 Å². The first-order chi connectivity index (χ1) is 9.22. The Balaban J connectivity index is 1.83. The molecular formula is C15H10O4. The number of carbonyl (C=O) groups is 1. The standard InChI is InChI=1S/C15H10O4/c16-13-3-1-10(2-4-13)15(17)19-14-7-11-5-6-18-9-12(11)8-14/h1-9,16H. The minimum absolute atomic E-state index is 0.109. The predicted molar refractivity (Wildman–Crippen MR) is 68.4 cm³/mol. The smallest absolute Gasteiger partial charge is 0.343 e. The van der Waals surface area contributed by atoms with E-state index < -0.39 is 5.97 Å². The van der Waals surface area contributed by atoms with Gasteiger partial charge >= 0.3 is 5.97 Å². The molecule has 0 bridgehead atoms. The fourth-order valence-corrected chi connectivity index (χ4v) is 1.81. The zero-order chi connectivity index (χ0) is 13.2. The molecule has 3 rings (SSSR count). The summed E-state index contributed by atoms with van der Waals surface area (Å²) in [6, 6.07) is 11.2. The van der Waals surface area contributed by atoms with E-state index >= 15 is 0 Å². The van der Waals surface area contributed by atoms with E-state index in [1.807, 2.05) is 0 Å². The number of hydrogen-bond donors (Lipinski definition) is 1. The molecule has 4 nitrogen and oxygen atoms in total. The van der Waals surface area contributed by atoms with Crippen LogP contribution in [0, 0.1) is 0 Å². The molecule has 19 heavy (non-hydrogen) atoms. The van der Waals surface area contributed by atoms with Crippen LogP contribution in [0.4, 0.5) is 0 Å². The summed E-state index contributed by atoms with van der Waals surface area (Å²) in [6.45, 7) is 0. The van der Waals surface area contributed by atoms with Gasteiger partial charge in [-0.25, -0.2) is 4.79 Å². The van der Waals surface area contributed by atoms with Gasteiger partial charge in [-0.3, -0.25) is 0 Å². The molecule has 0 unspecified atom stereocenters. The minimum atomic E-state index is -0.466. The molecule has 1 aliphatic carbocycles. The summed E-state index contributed by atoms with van der Waals surface area (Å²) >= 11 is 0. The quantitative estimate of drug-likeness (QED) is 0.713. The first-order valence-corrected chi connectivity index (χ1v) is 5.69. The lowest BCUT2D eigenvalue weighted by molar-refractivity contribution is 0.0735. The molecule has 0 saturated carbocycles. The average Bonchev–Trinajstić information content (AvgIpc) is 2.81. The van der Waals surface area contributed by atoms with Crippen LogP contribution in [-0.2, 0) is 0 Å². The van der Waals surface area contributed by atoms with Crippen molar-refractivity contribution in [2.45, 2.75) is 0 Å². The van der Waals surface area contributed by atoms with Crippen LogP contribution in [0.1, 0.15) is 10.4 Å². The lowest BCUT2D eigenvalue weighted by Crippen LogP contribution is -2.07. The summed E-state index contributed by atoms with van der Waals surface area (Å²) in [5, 5.41) is 9.16. The molecule has 94 valence electrons. The normalized spacial score (nSPS) is 10.5. The Hall–Kier alpha value is -2.75. The number of hydrogen-bond acceptors (Lipinski definition) is 4. The molecule has 0 spiro atoms. The molecule has 0 fully saturated rings. The largest absolute Gasteiger partial charge is 0.508 e. The SMILES string of the molecule is O=C(Oc1cc2ccocc-2c1)c1ccc(O)cc1. The highest BCUT2D eigenvalue weighted by Gasteiger charge is 2.12. The first-order valence-electron chi connectivity index (χ1n) is 5.69. The number of aromatic hydroxyl groups is 1. The molecule has 1 heterocycles. The van der Waals surface area contributed by atoms with Crippen LogP contribution < -0.4 is 4.74 Å². The van der Waals surface area contributed by atoms with Crippen molar-refractivity contribution in [1.29, 1.82) is 0 Å². The van der Waals surface area contributed by atoms with E-state index in [0.717, 1.165) is 11.1 Å². The Bertz CT molecular complexity index is 652. The maximum atomic E-state index is 11.9. The van der Waals surface area contributed by atoms with Crippen LogP contribution in [-0.4, -0.2) is 11.1 Å². The molecule has 0 aromatic heterocycles. The highest BCUT2D eigenvalue weighted by Crippen LogP contribution is 2.30. The third-order valence-electron chi connectivity index (χ3n) is 2.76.